The first-order chi connectivity index (χ1) is 15.1. The zero-order valence-corrected chi connectivity index (χ0v) is 18.0. The zero-order valence-electron chi connectivity index (χ0n) is 17.2. The van der Waals surface area contributed by atoms with Gasteiger partial charge < -0.3 is 14.2 Å². The highest BCUT2D eigenvalue weighted by Gasteiger charge is 2.31. The van der Waals surface area contributed by atoms with Crippen LogP contribution in [0.25, 0.3) is 0 Å². The molecule has 1 aliphatic rings. The molecule has 1 aliphatic heterocycles. The van der Waals surface area contributed by atoms with Gasteiger partial charge >= 0.3 is 12.1 Å². The van der Waals surface area contributed by atoms with Crippen molar-refractivity contribution in [2.45, 2.75) is 25.1 Å². The number of benzene rings is 2. The number of esters is 1. The van der Waals surface area contributed by atoms with Crippen LogP contribution in [0.2, 0.25) is 0 Å². The van der Waals surface area contributed by atoms with Gasteiger partial charge in [0.05, 0.1) is 12.7 Å². The van der Waals surface area contributed by atoms with Crippen LogP contribution in [0, 0.1) is 0 Å². The Morgan fingerprint density at radius 2 is 1.47 bits per heavy atom. The van der Waals surface area contributed by atoms with Crippen molar-refractivity contribution in [3.63, 3.8) is 0 Å². The molecule has 0 N–H and O–H groups in total. The van der Waals surface area contributed by atoms with Crippen LogP contribution in [0.4, 0.5) is 13.2 Å². The highest BCUT2D eigenvalue weighted by molar-refractivity contribution is 7.89. The fourth-order valence-corrected chi connectivity index (χ4v) is 4.52. The molecule has 0 saturated carbocycles. The number of hydrogen-bond donors (Lipinski definition) is 0. The minimum Gasteiger partial charge on any atom is -0.490 e. The van der Waals surface area contributed by atoms with Gasteiger partial charge in [-0.15, -0.1) is 0 Å². The van der Waals surface area contributed by atoms with E-state index in [0.29, 0.717) is 24.3 Å². The van der Waals surface area contributed by atoms with Crippen molar-refractivity contribution >= 4 is 16.0 Å². The second-order valence-electron chi connectivity index (χ2n) is 7.14. The molecule has 0 spiro atoms. The quantitative estimate of drug-likeness (QED) is 0.569. The summed E-state index contributed by atoms with van der Waals surface area (Å²) in [5.41, 5.74) is -0.752. The molecular formula is C21H22F3NO6S. The van der Waals surface area contributed by atoms with Gasteiger partial charge in [0.2, 0.25) is 10.0 Å². The molecule has 0 aliphatic carbocycles. The van der Waals surface area contributed by atoms with Gasteiger partial charge in [-0.2, -0.15) is 13.2 Å². The van der Waals surface area contributed by atoms with Crippen molar-refractivity contribution in [1.82, 2.24) is 4.31 Å². The Balaban J connectivity index is 1.51. The van der Waals surface area contributed by atoms with Crippen molar-refractivity contribution < 1.29 is 40.6 Å². The van der Waals surface area contributed by atoms with Crippen molar-refractivity contribution in [2.75, 3.05) is 26.0 Å². The summed E-state index contributed by atoms with van der Waals surface area (Å²) in [7, 11) is -2.58. The molecule has 0 atom stereocenters. The van der Waals surface area contributed by atoms with Gasteiger partial charge in [0.1, 0.15) is 23.4 Å². The number of carbonyl (C=O) groups is 1. The normalized spacial score (nSPS) is 15.9. The number of methoxy groups -OCH3 is 1. The smallest absolute Gasteiger partial charge is 0.416 e. The second kappa shape index (κ2) is 9.78. The van der Waals surface area contributed by atoms with E-state index in [0.717, 1.165) is 19.2 Å². The van der Waals surface area contributed by atoms with E-state index in [9.17, 15) is 26.4 Å². The first-order valence-electron chi connectivity index (χ1n) is 9.73. The van der Waals surface area contributed by atoms with Gasteiger partial charge in [-0.3, -0.25) is 4.79 Å². The van der Waals surface area contributed by atoms with Crippen molar-refractivity contribution in [1.29, 1.82) is 0 Å². The minimum atomic E-state index is -4.40. The molecule has 11 heteroatoms. The summed E-state index contributed by atoms with van der Waals surface area (Å²) in [6.45, 7) is 0.470. The Hall–Kier alpha value is -2.79. The van der Waals surface area contributed by atoms with Gasteiger partial charge in [-0.1, -0.05) is 0 Å². The topological polar surface area (TPSA) is 82.1 Å². The lowest BCUT2D eigenvalue weighted by molar-refractivity contribution is -0.138. The van der Waals surface area contributed by atoms with Gasteiger partial charge in [0.15, 0.2) is 5.75 Å². The first-order valence-corrected chi connectivity index (χ1v) is 11.3. The maximum Gasteiger partial charge on any atom is 0.416 e. The molecule has 1 heterocycles. The maximum absolute atomic E-state index is 12.6. The van der Waals surface area contributed by atoms with Gasteiger partial charge in [0.25, 0.3) is 0 Å². The lowest BCUT2D eigenvalue weighted by atomic mass is 10.1. The van der Waals surface area contributed by atoms with Gasteiger partial charge in [-0.25, -0.2) is 12.7 Å². The third kappa shape index (κ3) is 6.36. The molecule has 174 valence electrons. The Kier molecular flexibility index (Phi) is 7.29. The number of alkyl halides is 3. The van der Waals surface area contributed by atoms with Crippen LogP contribution < -0.4 is 9.47 Å². The number of halogens is 3. The molecule has 0 bridgehead atoms. The molecular weight excluding hydrogens is 451 g/mol. The highest BCUT2D eigenvalue weighted by atomic mass is 32.2. The molecule has 0 amide bonds. The average molecular weight is 473 g/mol. The number of rotatable bonds is 7. The summed E-state index contributed by atoms with van der Waals surface area (Å²) in [5.74, 6) is -0.231. The van der Waals surface area contributed by atoms with Crippen molar-refractivity contribution in [3.8, 4) is 17.2 Å². The maximum atomic E-state index is 12.6. The molecule has 0 unspecified atom stereocenters. The standard InChI is InChI=1S/C21H22F3NO6S/c1-29-20(26)14-32(27,28)25-12-10-19(11-13-25)31-18-8-6-17(7-9-18)30-16-4-2-15(3-5-16)21(22,23)24/h2-9,19H,10-14H2,1H3. The second-order valence-corrected chi connectivity index (χ2v) is 9.11. The van der Waals surface area contributed by atoms with Gasteiger partial charge in [-0.05, 0) is 61.4 Å². The molecule has 2 aromatic carbocycles. The predicted molar refractivity (Wildman–Crippen MR) is 109 cm³/mol. The fourth-order valence-electron chi connectivity index (χ4n) is 3.15. The van der Waals surface area contributed by atoms with Crippen LogP contribution in [-0.4, -0.2) is 50.7 Å². The van der Waals surface area contributed by atoms with Crippen molar-refractivity contribution in [3.05, 3.63) is 54.1 Å². The van der Waals surface area contributed by atoms with Crippen molar-refractivity contribution in [2.24, 2.45) is 0 Å². The molecule has 1 saturated heterocycles. The number of sulfonamides is 1. The number of nitrogens with zero attached hydrogens (tertiary/aromatic N) is 1. The third-order valence-corrected chi connectivity index (χ3v) is 6.62. The Morgan fingerprint density at radius 1 is 0.969 bits per heavy atom. The Labute approximate surface area is 183 Å². The summed E-state index contributed by atoms with van der Waals surface area (Å²) < 4.78 is 79.4. The largest absolute Gasteiger partial charge is 0.490 e. The lowest BCUT2D eigenvalue weighted by Crippen LogP contribution is -2.43. The summed E-state index contributed by atoms with van der Waals surface area (Å²) in [6, 6.07) is 11.0. The molecule has 32 heavy (non-hydrogen) atoms. The zero-order chi connectivity index (χ0) is 23.4. The summed E-state index contributed by atoms with van der Waals surface area (Å²) >= 11 is 0. The third-order valence-electron chi connectivity index (χ3n) is 4.87. The number of hydrogen-bond acceptors (Lipinski definition) is 6. The number of ether oxygens (including phenoxy) is 3. The Bertz CT molecular complexity index is 1010. The van der Waals surface area contributed by atoms with E-state index in [2.05, 4.69) is 4.74 Å². The lowest BCUT2D eigenvalue weighted by Gasteiger charge is -2.31. The van der Waals surface area contributed by atoms with E-state index in [4.69, 9.17) is 9.47 Å². The van der Waals surface area contributed by atoms with Crippen LogP contribution in [0.3, 0.4) is 0 Å². The Morgan fingerprint density at radius 3 is 1.97 bits per heavy atom. The van der Waals surface area contributed by atoms with E-state index < -0.39 is 33.5 Å². The van der Waals surface area contributed by atoms with E-state index in [1.807, 2.05) is 0 Å². The number of piperidine rings is 1. The fraction of sp³-hybridized carbons (Fsp3) is 0.381. The van der Waals surface area contributed by atoms with E-state index in [-0.39, 0.29) is 24.9 Å². The molecule has 2 aromatic rings. The average Bonchev–Trinajstić information content (AvgIpc) is 2.75. The number of carbonyl (C=O) groups excluding carboxylic acids is 1. The molecule has 0 radical (unpaired) electrons. The first kappa shape index (κ1) is 23.9. The predicted octanol–water partition coefficient (Wildman–Crippen LogP) is 3.84. The highest BCUT2D eigenvalue weighted by Crippen LogP contribution is 2.32. The van der Waals surface area contributed by atoms with Crippen LogP contribution in [0.1, 0.15) is 18.4 Å². The van der Waals surface area contributed by atoms with E-state index in [1.54, 1.807) is 24.3 Å². The SMILES string of the molecule is COC(=O)CS(=O)(=O)N1CCC(Oc2ccc(Oc3ccc(C(F)(F)F)cc3)cc2)CC1. The molecule has 7 nitrogen and oxygen atoms in total. The summed E-state index contributed by atoms with van der Waals surface area (Å²) in [4.78, 5) is 11.3. The van der Waals surface area contributed by atoms with E-state index in [1.165, 1.54) is 16.4 Å². The van der Waals surface area contributed by atoms with E-state index >= 15 is 0 Å². The summed E-state index contributed by atoms with van der Waals surface area (Å²) in [6.07, 6.45) is -3.67. The molecule has 1 fully saturated rings. The monoisotopic (exact) mass is 473 g/mol. The molecule has 0 aromatic heterocycles. The summed E-state index contributed by atoms with van der Waals surface area (Å²) in [5, 5.41) is 0. The minimum absolute atomic E-state index is 0.193. The van der Waals surface area contributed by atoms with Gasteiger partial charge in [0, 0.05) is 13.1 Å². The van der Waals surface area contributed by atoms with Crippen LogP contribution >= 0.6 is 0 Å². The van der Waals surface area contributed by atoms with Crippen LogP contribution in [0.15, 0.2) is 48.5 Å². The van der Waals surface area contributed by atoms with Crippen LogP contribution in [-0.2, 0) is 25.7 Å². The van der Waals surface area contributed by atoms with Crippen LogP contribution in [0.5, 0.6) is 17.2 Å². The molecule has 3 rings (SSSR count).